The van der Waals surface area contributed by atoms with Gasteiger partial charge in [-0.15, -0.1) is 0 Å². The van der Waals surface area contributed by atoms with E-state index in [1.807, 2.05) is 66.7 Å². The third kappa shape index (κ3) is 7.46. The van der Waals surface area contributed by atoms with Gasteiger partial charge in [-0.25, -0.2) is 0 Å². The lowest BCUT2D eigenvalue weighted by Gasteiger charge is -2.25. The number of hydrogen-bond acceptors (Lipinski definition) is 4. The molecule has 2 atom stereocenters. The lowest BCUT2D eigenvalue weighted by Crippen LogP contribution is -2.49. The zero-order valence-electron chi connectivity index (χ0n) is 22.4. The molecule has 0 spiro atoms. The van der Waals surface area contributed by atoms with Gasteiger partial charge in [0.05, 0.1) is 25.7 Å². The van der Waals surface area contributed by atoms with E-state index in [-0.39, 0.29) is 12.3 Å². The first-order valence-corrected chi connectivity index (χ1v) is 13.5. The van der Waals surface area contributed by atoms with Crippen LogP contribution in [-0.4, -0.2) is 41.4 Å². The van der Waals surface area contributed by atoms with Crippen LogP contribution in [0.1, 0.15) is 36.6 Å². The number of hydrogen-bond donors (Lipinski definition) is 3. The maximum Gasteiger partial charge on any atom is 0.226 e. The van der Waals surface area contributed by atoms with Crippen molar-refractivity contribution in [2.45, 2.75) is 57.8 Å². The van der Waals surface area contributed by atoms with Crippen LogP contribution >= 0.6 is 0 Å². The van der Waals surface area contributed by atoms with Gasteiger partial charge >= 0.3 is 0 Å². The summed E-state index contributed by atoms with van der Waals surface area (Å²) >= 11 is 0. The topological polar surface area (TPSA) is 75.5 Å². The summed E-state index contributed by atoms with van der Waals surface area (Å²) in [6.45, 7) is 4.01. The zero-order valence-corrected chi connectivity index (χ0v) is 22.4. The van der Waals surface area contributed by atoms with Crippen molar-refractivity contribution >= 4 is 16.8 Å². The Hall–Kier alpha value is -3.61. The minimum atomic E-state index is -0.754. The van der Waals surface area contributed by atoms with E-state index in [0.29, 0.717) is 19.5 Å². The summed E-state index contributed by atoms with van der Waals surface area (Å²) in [6, 6.07) is 27.8. The Bertz CT molecular complexity index is 1300. The molecule has 0 saturated carbocycles. The third-order valence-electron chi connectivity index (χ3n) is 6.90. The Morgan fingerprint density at radius 1 is 0.974 bits per heavy atom. The van der Waals surface area contributed by atoms with E-state index < -0.39 is 12.1 Å². The molecule has 0 aliphatic carbocycles. The van der Waals surface area contributed by atoms with Gasteiger partial charge in [0.15, 0.2) is 0 Å². The number of fused-ring (bicyclic) bond motifs is 1. The number of aliphatic hydroxyl groups is 1. The van der Waals surface area contributed by atoms with Crippen molar-refractivity contribution in [1.29, 1.82) is 0 Å². The Morgan fingerprint density at radius 2 is 1.74 bits per heavy atom. The highest BCUT2D eigenvalue weighted by atomic mass is 16.5. The van der Waals surface area contributed by atoms with Crippen LogP contribution < -0.4 is 15.4 Å². The zero-order chi connectivity index (χ0) is 26.7. The summed E-state index contributed by atoms with van der Waals surface area (Å²) in [5.74, 6) is 0.716. The highest BCUT2D eigenvalue weighted by Crippen LogP contribution is 2.21. The minimum Gasteiger partial charge on any atom is -0.497 e. The monoisotopic (exact) mass is 513 g/mol. The molecule has 4 rings (SSSR count). The smallest absolute Gasteiger partial charge is 0.226 e. The summed E-state index contributed by atoms with van der Waals surface area (Å²) in [4.78, 5) is 13.3. The first-order valence-electron chi connectivity index (χ1n) is 13.5. The van der Waals surface area contributed by atoms with Crippen molar-refractivity contribution < 1.29 is 14.6 Å². The van der Waals surface area contributed by atoms with Crippen LogP contribution in [0.4, 0.5) is 0 Å². The molecule has 3 aromatic carbocycles. The molecular weight excluding hydrogens is 474 g/mol. The number of aromatic nitrogens is 1. The van der Waals surface area contributed by atoms with E-state index >= 15 is 0 Å². The first-order chi connectivity index (χ1) is 18.6. The molecule has 38 heavy (non-hydrogen) atoms. The molecule has 3 N–H and O–H groups in total. The molecule has 0 radical (unpaired) electrons. The molecule has 0 bridgehead atoms. The summed E-state index contributed by atoms with van der Waals surface area (Å²) in [5.41, 5.74) is 4.30. The fraction of sp³-hybridized carbons (Fsp3) is 0.344. The number of aryl methyl sites for hydroxylation is 1. The van der Waals surface area contributed by atoms with Crippen LogP contribution in [0, 0.1) is 0 Å². The van der Waals surface area contributed by atoms with Gasteiger partial charge in [-0.2, -0.15) is 0 Å². The number of para-hydroxylation sites is 1. The number of methoxy groups -OCH3 is 1. The molecule has 0 aliphatic rings. The average molecular weight is 514 g/mol. The second-order valence-electron chi connectivity index (χ2n) is 9.79. The molecule has 6 nitrogen and oxygen atoms in total. The van der Waals surface area contributed by atoms with E-state index in [0.717, 1.165) is 52.9 Å². The SMILES string of the molecule is CCCCn1c(CC(=O)N[C@@H](Cc2ccccc2)[C@H](O)CNCc2cccc(OC)c2)cc2ccccc21. The third-order valence-corrected chi connectivity index (χ3v) is 6.90. The second-order valence-corrected chi connectivity index (χ2v) is 9.79. The van der Waals surface area contributed by atoms with Crippen LogP contribution in [0.2, 0.25) is 0 Å². The van der Waals surface area contributed by atoms with Gasteiger partial charge in [-0.1, -0.05) is 74.0 Å². The molecule has 0 saturated heterocycles. The van der Waals surface area contributed by atoms with Crippen molar-refractivity contribution in [3.8, 4) is 5.75 Å². The number of carbonyl (C=O) groups is 1. The number of carbonyl (C=O) groups excluding carboxylic acids is 1. The maximum atomic E-state index is 13.3. The predicted molar refractivity (Wildman–Crippen MR) is 153 cm³/mol. The largest absolute Gasteiger partial charge is 0.497 e. The quantitative estimate of drug-likeness (QED) is 0.225. The number of aliphatic hydroxyl groups excluding tert-OH is 1. The van der Waals surface area contributed by atoms with Crippen LogP contribution in [0.15, 0.2) is 84.9 Å². The van der Waals surface area contributed by atoms with E-state index in [4.69, 9.17) is 4.74 Å². The summed E-state index contributed by atoms with van der Waals surface area (Å²) in [7, 11) is 1.65. The molecule has 1 aromatic heterocycles. The summed E-state index contributed by atoms with van der Waals surface area (Å²) in [5, 5.41) is 18.8. The molecule has 1 heterocycles. The second kappa shape index (κ2) is 13.8. The van der Waals surface area contributed by atoms with E-state index in [1.54, 1.807) is 7.11 Å². The van der Waals surface area contributed by atoms with Gasteiger partial charge in [-0.3, -0.25) is 4.79 Å². The fourth-order valence-corrected chi connectivity index (χ4v) is 4.86. The number of ether oxygens (including phenoxy) is 1. The Morgan fingerprint density at radius 3 is 2.53 bits per heavy atom. The van der Waals surface area contributed by atoms with E-state index in [2.05, 4.69) is 40.3 Å². The molecule has 0 unspecified atom stereocenters. The fourth-order valence-electron chi connectivity index (χ4n) is 4.86. The Balaban J connectivity index is 1.44. The molecule has 4 aromatic rings. The number of rotatable bonds is 14. The summed E-state index contributed by atoms with van der Waals surface area (Å²) in [6.07, 6.45) is 2.21. The molecular formula is C32H39N3O3. The number of nitrogens with one attached hydrogen (secondary N) is 2. The van der Waals surface area contributed by atoms with Gasteiger partial charge in [-0.05, 0) is 53.6 Å². The van der Waals surface area contributed by atoms with Crippen molar-refractivity contribution in [3.63, 3.8) is 0 Å². The van der Waals surface area contributed by atoms with E-state index in [9.17, 15) is 9.90 Å². The lowest BCUT2D eigenvalue weighted by atomic mass is 10.0. The Kier molecular flexibility index (Phi) is 9.96. The van der Waals surface area contributed by atoms with Crippen molar-refractivity contribution in [1.82, 2.24) is 15.2 Å². The maximum absolute atomic E-state index is 13.3. The minimum absolute atomic E-state index is 0.0849. The van der Waals surface area contributed by atoms with Crippen LogP contribution in [-0.2, 0) is 30.7 Å². The highest BCUT2D eigenvalue weighted by Gasteiger charge is 2.23. The normalized spacial score (nSPS) is 12.8. The Labute approximate surface area is 225 Å². The number of amides is 1. The standard InChI is InChI=1S/C32H39N3O3/c1-3-4-17-35-27(20-26-14-8-9-16-30(26)35)21-32(37)34-29(19-24-11-6-5-7-12-24)31(36)23-33-22-25-13-10-15-28(18-25)38-2/h5-16,18,20,29,31,33,36H,3-4,17,19,21-23H2,1-2H3,(H,34,37)/t29-,31+/m0/s1. The van der Waals surface area contributed by atoms with Crippen molar-refractivity contribution in [2.75, 3.05) is 13.7 Å². The number of benzene rings is 3. The van der Waals surface area contributed by atoms with Crippen molar-refractivity contribution in [3.05, 3.63) is 102 Å². The van der Waals surface area contributed by atoms with Crippen LogP contribution in [0.5, 0.6) is 5.75 Å². The molecule has 1 amide bonds. The predicted octanol–water partition coefficient (Wildman–Crippen LogP) is 4.87. The molecule has 200 valence electrons. The molecule has 0 fully saturated rings. The first kappa shape index (κ1) is 27.4. The van der Waals surface area contributed by atoms with Crippen LogP contribution in [0.3, 0.4) is 0 Å². The number of nitrogens with zero attached hydrogens (tertiary/aromatic N) is 1. The van der Waals surface area contributed by atoms with Gasteiger partial charge in [0.1, 0.15) is 5.75 Å². The van der Waals surface area contributed by atoms with Crippen molar-refractivity contribution in [2.24, 2.45) is 0 Å². The molecule has 0 aliphatic heterocycles. The highest BCUT2D eigenvalue weighted by molar-refractivity contribution is 5.85. The van der Waals surface area contributed by atoms with E-state index in [1.165, 1.54) is 0 Å². The molecule has 6 heteroatoms. The summed E-state index contributed by atoms with van der Waals surface area (Å²) < 4.78 is 7.56. The van der Waals surface area contributed by atoms with Crippen LogP contribution in [0.25, 0.3) is 10.9 Å². The van der Waals surface area contributed by atoms with Gasteiger partial charge in [0.2, 0.25) is 5.91 Å². The van der Waals surface area contributed by atoms with Gasteiger partial charge < -0.3 is 25.0 Å². The lowest BCUT2D eigenvalue weighted by molar-refractivity contribution is -0.122. The number of unbranched alkanes of at least 4 members (excludes halogenated alkanes) is 1. The van der Waals surface area contributed by atoms with Gasteiger partial charge in [0, 0.05) is 30.8 Å². The van der Waals surface area contributed by atoms with Gasteiger partial charge in [0.25, 0.3) is 0 Å². The average Bonchev–Trinajstić information content (AvgIpc) is 3.28.